The molecule has 0 aliphatic rings. The first-order valence-corrected chi connectivity index (χ1v) is 7.15. The number of hydrogen-bond donors (Lipinski definition) is 1. The number of amides is 1. The summed E-state index contributed by atoms with van der Waals surface area (Å²) in [7, 11) is 0. The number of hydrogen-bond acceptors (Lipinski definition) is 3. The number of carbonyl (C=O) groups is 2. The van der Waals surface area contributed by atoms with Gasteiger partial charge in [0.15, 0.2) is 12.4 Å². The summed E-state index contributed by atoms with van der Waals surface area (Å²) in [4.78, 5) is 23.5. The second-order valence-electron chi connectivity index (χ2n) is 5.04. The van der Waals surface area contributed by atoms with Crippen LogP contribution in [-0.4, -0.2) is 18.3 Å². The van der Waals surface area contributed by atoms with Crippen LogP contribution in [0.2, 0.25) is 0 Å². The molecule has 1 N–H and O–H groups in total. The van der Waals surface area contributed by atoms with E-state index in [1.165, 1.54) is 6.92 Å². The van der Waals surface area contributed by atoms with E-state index in [-0.39, 0.29) is 24.3 Å². The minimum absolute atomic E-state index is 0.0892. The monoisotopic (exact) mass is 297 g/mol. The highest BCUT2D eigenvalue weighted by Crippen LogP contribution is 2.18. The zero-order valence-corrected chi connectivity index (χ0v) is 12.7. The van der Waals surface area contributed by atoms with Gasteiger partial charge in [-0.1, -0.05) is 42.5 Å². The number of para-hydroxylation sites is 1. The van der Waals surface area contributed by atoms with E-state index < -0.39 is 0 Å². The Morgan fingerprint density at radius 2 is 1.68 bits per heavy atom. The molecule has 1 amide bonds. The van der Waals surface area contributed by atoms with E-state index in [0.717, 1.165) is 5.56 Å². The molecule has 0 radical (unpaired) electrons. The van der Waals surface area contributed by atoms with Crippen molar-refractivity contribution in [3.63, 3.8) is 0 Å². The van der Waals surface area contributed by atoms with Crippen LogP contribution < -0.4 is 10.1 Å². The maximum Gasteiger partial charge on any atom is 0.258 e. The van der Waals surface area contributed by atoms with Crippen LogP contribution in [-0.2, 0) is 4.79 Å². The van der Waals surface area contributed by atoms with Gasteiger partial charge in [-0.05, 0) is 31.5 Å². The van der Waals surface area contributed by atoms with Gasteiger partial charge in [0.1, 0.15) is 5.75 Å². The average molecular weight is 297 g/mol. The van der Waals surface area contributed by atoms with Crippen molar-refractivity contribution < 1.29 is 14.3 Å². The van der Waals surface area contributed by atoms with Gasteiger partial charge in [-0.2, -0.15) is 0 Å². The van der Waals surface area contributed by atoms with Gasteiger partial charge >= 0.3 is 0 Å². The van der Waals surface area contributed by atoms with Crippen LogP contribution in [0.1, 0.15) is 35.8 Å². The van der Waals surface area contributed by atoms with Crippen molar-refractivity contribution >= 4 is 11.7 Å². The molecule has 0 bridgehead atoms. The lowest BCUT2D eigenvalue weighted by Gasteiger charge is -2.15. The number of rotatable bonds is 6. The average Bonchev–Trinajstić information content (AvgIpc) is 2.54. The highest BCUT2D eigenvalue weighted by Gasteiger charge is 2.12. The standard InChI is InChI=1S/C18H19NO3/c1-13(15-8-4-3-5-9-15)19-18(21)12-22-17-11-7-6-10-16(17)14(2)20/h3-11,13H,12H2,1-2H3,(H,19,21)/t13-/m1/s1. The van der Waals surface area contributed by atoms with Crippen LogP contribution >= 0.6 is 0 Å². The van der Waals surface area contributed by atoms with Gasteiger partial charge in [0.05, 0.1) is 11.6 Å². The van der Waals surface area contributed by atoms with Crippen LogP contribution in [0.15, 0.2) is 54.6 Å². The number of nitrogens with one attached hydrogen (secondary N) is 1. The van der Waals surface area contributed by atoms with E-state index in [2.05, 4.69) is 5.32 Å². The Hall–Kier alpha value is -2.62. The van der Waals surface area contributed by atoms with Crippen molar-refractivity contribution in [3.05, 3.63) is 65.7 Å². The topological polar surface area (TPSA) is 55.4 Å². The SMILES string of the molecule is CC(=O)c1ccccc1OCC(=O)N[C@H](C)c1ccccc1. The van der Waals surface area contributed by atoms with Gasteiger partial charge in [0.25, 0.3) is 5.91 Å². The summed E-state index contributed by atoms with van der Waals surface area (Å²) in [6.45, 7) is 3.26. The molecule has 0 fully saturated rings. The first-order chi connectivity index (χ1) is 10.6. The number of carbonyl (C=O) groups excluding carboxylic acids is 2. The van der Waals surface area contributed by atoms with Gasteiger partial charge in [-0.15, -0.1) is 0 Å². The molecule has 4 nitrogen and oxygen atoms in total. The van der Waals surface area contributed by atoms with Crippen molar-refractivity contribution in [2.24, 2.45) is 0 Å². The van der Waals surface area contributed by atoms with E-state index in [1.807, 2.05) is 37.3 Å². The zero-order valence-electron chi connectivity index (χ0n) is 12.7. The molecule has 0 aliphatic heterocycles. The van der Waals surface area contributed by atoms with Gasteiger partial charge in [-0.3, -0.25) is 9.59 Å². The molecule has 0 heterocycles. The Morgan fingerprint density at radius 1 is 1.05 bits per heavy atom. The predicted octanol–water partition coefficient (Wildman–Crippen LogP) is 3.15. The molecule has 0 aromatic heterocycles. The van der Waals surface area contributed by atoms with E-state index in [9.17, 15) is 9.59 Å². The van der Waals surface area contributed by atoms with Gasteiger partial charge in [0.2, 0.25) is 0 Å². The molecule has 0 aliphatic carbocycles. The van der Waals surface area contributed by atoms with Crippen molar-refractivity contribution in [2.75, 3.05) is 6.61 Å². The summed E-state index contributed by atoms with van der Waals surface area (Å²) in [5.74, 6) is 0.112. The summed E-state index contributed by atoms with van der Waals surface area (Å²) in [6, 6.07) is 16.5. The molecule has 0 spiro atoms. The molecule has 22 heavy (non-hydrogen) atoms. The summed E-state index contributed by atoms with van der Waals surface area (Å²) >= 11 is 0. The highest BCUT2D eigenvalue weighted by atomic mass is 16.5. The highest BCUT2D eigenvalue weighted by molar-refractivity contribution is 5.96. The quantitative estimate of drug-likeness (QED) is 0.833. The van der Waals surface area contributed by atoms with Crippen molar-refractivity contribution in [1.82, 2.24) is 5.32 Å². The lowest BCUT2D eigenvalue weighted by molar-refractivity contribution is -0.123. The Morgan fingerprint density at radius 3 is 2.36 bits per heavy atom. The predicted molar refractivity (Wildman–Crippen MR) is 84.9 cm³/mol. The smallest absolute Gasteiger partial charge is 0.258 e. The lowest BCUT2D eigenvalue weighted by Crippen LogP contribution is -2.31. The van der Waals surface area contributed by atoms with Crippen LogP contribution in [0, 0.1) is 0 Å². The molecule has 114 valence electrons. The number of ketones is 1. The van der Waals surface area contributed by atoms with Gasteiger partial charge in [-0.25, -0.2) is 0 Å². The Bertz CT molecular complexity index is 652. The zero-order chi connectivity index (χ0) is 15.9. The second kappa shape index (κ2) is 7.41. The first kappa shape index (κ1) is 15.8. The molecule has 0 saturated carbocycles. The molecule has 0 saturated heterocycles. The van der Waals surface area contributed by atoms with Crippen molar-refractivity contribution in [3.8, 4) is 5.75 Å². The second-order valence-corrected chi connectivity index (χ2v) is 5.04. The van der Waals surface area contributed by atoms with E-state index in [4.69, 9.17) is 4.74 Å². The van der Waals surface area contributed by atoms with Gasteiger partial charge in [0, 0.05) is 0 Å². The van der Waals surface area contributed by atoms with Crippen LogP contribution in [0.5, 0.6) is 5.75 Å². The summed E-state index contributed by atoms with van der Waals surface area (Å²) < 4.78 is 5.46. The Kier molecular flexibility index (Phi) is 5.31. The summed E-state index contributed by atoms with van der Waals surface area (Å²) in [6.07, 6.45) is 0. The largest absolute Gasteiger partial charge is 0.483 e. The van der Waals surface area contributed by atoms with E-state index in [1.54, 1.807) is 24.3 Å². The third-order valence-electron chi connectivity index (χ3n) is 3.30. The molecule has 2 rings (SSSR count). The number of benzene rings is 2. The third kappa shape index (κ3) is 4.19. The number of ether oxygens (including phenoxy) is 1. The molecular weight excluding hydrogens is 278 g/mol. The maximum atomic E-state index is 12.0. The molecular formula is C18H19NO3. The van der Waals surface area contributed by atoms with Crippen molar-refractivity contribution in [1.29, 1.82) is 0 Å². The minimum atomic E-state index is -0.227. The fraction of sp³-hybridized carbons (Fsp3) is 0.222. The summed E-state index contributed by atoms with van der Waals surface area (Å²) in [5, 5.41) is 2.87. The molecule has 4 heteroatoms. The van der Waals surface area contributed by atoms with E-state index in [0.29, 0.717) is 11.3 Å². The van der Waals surface area contributed by atoms with Crippen molar-refractivity contribution in [2.45, 2.75) is 19.9 Å². The number of Topliss-reactive ketones (excluding diaryl/α,β-unsaturated/α-hetero) is 1. The molecule has 0 unspecified atom stereocenters. The first-order valence-electron chi connectivity index (χ1n) is 7.15. The summed E-state index contributed by atoms with van der Waals surface area (Å²) in [5.41, 5.74) is 1.51. The normalized spacial score (nSPS) is 11.5. The fourth-order valence-electron chi connectivity index (χ4n) is 2.13. The molecule has 2 aromatic carbocycles. The van der Waals surface area contributed by atoms with Crippen LogP contribution in [0.4, 0.5) is 0 Å². The van der Waals surface area contributed by atoms with E-state index >= 15 is 0 Å². The Balaban J connectivity index is 1.92. The van der Waals surface area contributed by atoms with Crippen LogP contribution in [0.25, 0.3) is 0 Å². The van der Waals surface area contributed by atoms with Gasteiger partial charge < -0.3 is 10.1 Å². The molecule has 2 aromatic rings. The maximum absolute atomic E-state index is 12.0. The third-order valence-corrected chi connectivity index (χ3v) is 3.30. The van der Waals surface area contributed by atoms with Crippen LogP contribution in [0.3, 0.4) is 0 Å². The molecule has 1 atom stereocenters. The Labute approximate surface area is 130 Å². The fourth-order valence-corrected chi connectivity index (χ4v) is 2.13. The lowest BCUT2D eigenvalue weighted by atomic mass is 10.1. The minimum Gasteiger partial charge on any atom is -0.483 e.